The molecular weight excluding hydrogens is 350 g/mol. The zero-order chi connectivity index (χ0) is 17.7. The number of hydrazone groups is 2. The highest BCUT2D eigenvalue weighted by atomic mass is 35.5. The molecule has 1 atom stereocenters. The van der Waals surface area contributed by atoms with Gasteiger partial charge in [-0.15, -0.1) is 12.4 Å². The van der Waals surface area contributed by atoms with E-state index in [0.717, 1.165) is 0 Å². The number of hydrogen-bond donors (Lipinski definition) is 2. The highest BCUT2D eigenvalue weighted by Gasteiger charge is 2.27. The normalized spacial score (nSPS) is 16.6. The number of non-ortho nitro benzene ring substituents is 1. The Balaban J connectivity index is 0.00000312. The summed E-state index contributed by atoms with van der Waals surface area (Å²) >= 11 is 0. The molecule has 1 aromatic carbocycles. The van der Waals surface area contributed by atoms with Crippen molar-refractivity contribution in [3.05, 3.63) is 39.9 Å². The Morgan fingerprint density at radius 1 is 1.48 bits per heavy atom. The quantitative estimate of drug-likeness (QED) is 0.451. The monoisotopic (exact) mass is 367 g/mol. The van der Waals surface area contributed by atoms with Crippen LogP contribution < -0.4 is 10.9 Å². The molecule has 1 aliphatic rings. The third-order valence-electron chi connectivity index (χ3n) is 3.65. The maximum Gasteiger partial charge on any atom is 0.270 e. The minimum atomic E-state index is -0.494. The first-order valence-electron chi connectivity index (χ1n) is 7.30. The molecule has 0 bridgehead atoms. The van der Waals surface area contributed by atoms with Crippen LogP contribution in [0, 0.1) is 16.0 Å². The molecule has 134 valence electrons. The Morgan fingerprint density at radius 2 is 2.20 bits per heavy atom. The summed E-state index contributed by atoms with van der Waals surface area (Å²) in [5.41, 5.74) is 6.36. The molecule has 0 aliphatic carbocycles. The molecule has 0 saturated heterocycles. The highest BCUT2D eigenvalue weighted by Crippen LogP contribution is 2.15. The van der Waals surface area contributed by atoms with E-state index in [1.807, 2.05) is 0 Å². The lowest BCUT2D eigenvalue weighted by atomic mass is 9.99. The summed E-state index contributed by atoms with van der Waals surface area (Å²) in [6, 6.07) is 5.98. The third-order valence-corrected chi connectivity index (χ3v) is 3.65. The summed E-state index contributed by atoms with van der Waals surface area (Å²) in [5, 5.41) is 18.5. The molecule has 2 N–H and O–H groups in total. The van der Waals surface area contributed by atoms with Gasteiger partial charge in [0.2, 0.25) is 11.8 Å². The van der Waals surface area contributed by atoms with E-state index in [9.17, 15) is 19.7 Å². The fraction of sp³-hybridized carbons (Fsp3) is 0.333. The number of nitrogens with one attached hydrogen (secondary N) is 2. The van der Waals surface area contributed by atoms with Gasteiger partial charge in [-0.3, -0.25) is 19.7 Å². The van der Waals surface area contributed by atoms with E-state index in [4.69, 9.17) is 0 Å². The minimum absolute atomic E-state index is 0. The van der Waals surface area contributed by atoms with Crippen molar-refractivity contribution in [2.75, 3.05) is 0 Å². The first-order valence-corrected chi connectivity index (χ1v) is 7.30. The second kappa shape index (κ2) is 8.88. The minimum Gasteiger partial charge on any atom is -0.273 e. The van der Waals surface area contributed by atoms with Crippen molar-refractivity contribution in [2.24, 2.45) is 16.1 Å². The standard InChI is InChI=1S/C15H17N5O4.ClH/c1-9(11-4-3-5-12(8-11)20(23)24)16-18-14(21)7-6-13-10(2)17-19-15(13)22;/h3-5,8,13H,6-7H2,1-2H3,(H,18,21)(H,19,22);1H/b16-9+;. The smallest absolute Gasteiger partial charge is 0.270 e. The molecule has 9 nitrogen and oxygen atoms in total. The first-order chi connectivity index (χ1) is 11.4. The second-order valence-corrected chi connectivity index (χ2v) is 5.36. The number of carbonyl (C=O) groups is 2. The molecular formula is C15H18ClN5O4. The Kier molecular flexibility index (Phi) is 7.19. The van der Waals surface area contributed by atoms with Crippen LogP contribution in [-0.2, 0) is 9.59 Å². The SMILES string of the molecule is CC1=NNC(=O)C1CCC(=O)N/N=C(\C)c1cccc([N+](=O)[O-])c1.Cl. The fourth-order valence-corrected chi connectivity index (χ4v) is 2.22. The summed E-state index contributed by atoms with van der Waals surface area (Å²) in [6.07, 6.45) is 0.467. The summed E-state index contributed by atoms with van der Waals surface area (Å²) in [4.78, 5) is 33.6. The summed E-state index contributed by atoms with van der Waals surface area (Å²) in [7, 11) is 0. The van der Waals surface area contributed by atoms with Crippen LogP contribution in [0.4, 0.5) is 5.69 Å². The number of benzene rings is 1. The Labute approximate surface area is 150 Å². The summed E-state index contributed by atoms with van der Waals surface area (Å²) in [5.74, 6) is -0.943. The number of nitro benzene ring substituents is 1. The molecule has 2 amide bonds. The molecule has 2 rings (SSSR count). The maximum atomic E-state index is 11.8. The fourth-order valence-electron chi connectivity index (χ4n) is 2.22. The van der Waals surface area contributed by atoms with Crippen LogP contribution in [0.15, 0.2) is 34.5 Å². The average Bonchev–Trinajstić information content (AvgIpc) is 2.89. The molecule has 0 radical (unpaired) electrons. The van der Waals surface area contributed by atoms with Gasteiger partial charge in [-0.1, -0.05) is 12.1 Å². The van der Waals surface area contributed by atoms with Gasteiger partial charge in [0.1, 0.15) is 0 Å². The second-order valence-electron chi connectivity index (χ2n) is 5.36. The van der Waals surface area contributed by atoms with Gasteiger partial charge in [0, 0.05) is 29.8 Å². The Morgan fingerprint density at radius 3 is 2.80 bits per heavy atom. The van der Waals surface area contributed by atoms with Crippen LogP contribution in [0.25, 0.3) is 0 Å². The molecule has 1 heterocycles. The van der Waals surface area contributed by atoms with E-state index >= 15 is 0 Å². The van der Waals surface area contributed by atoms with Gasteiger partial charge in [-0.05, 0) is 20.3 Å². The topological polar surface area (TPSA) is 126 Å². The summed E-state index contributed by atoms with van der Waals surface area (Å²) < 4.78 is 0. The molecule has 0 saturated carbocycles. The van der Waals surface area contributed by atoms with Crippen LogP contribution in [-0.4, -0.2) is 28.2 Å². The number of halogens is 1. The molecule has 1 aliphatic heterocycles. The Hall–Kier alpha value is -2.81. The van der Waals surface area contributed by atoms with Gasteiger partial charge in [0.15, 0.2) is 0 Å². The van der Waals surface area contributed by atoms with Crippen molar-refractivity contribution in [3.8, 4) is 0 Å². The summed E-state index contributed by atoms with van der Waals surface area (Å²) in [6.45, 7) is 3.37. The van der Waals surface area contributed by atoms with E-state index < -0.39 is 10.8 Å². The number of hydrogen-bond acceptors (Lipinski definition) is 6. The average molecular weight is 368 g/mol. The van der Waals surface area contributed by atoms with Gasteiger partial charge in [0.25, 0.3) is 5.69 Å². The predicted octanol–water partition coefficient (Wildman–Crippen LogP) is 1.76. The van der Waals surface area contributed by atoms with Gasteiger partial charge < -0.3 is 0 Å². The highest BCUT2D eigenvalue weighted by molar-refractivity contribution is 6.07. The largest absolute Gasteiger partial charge is 0.273 e. The molecule has 1 unspecified atom stereocenters. The zero-order valence-electron chi connectivity index (χ0n) is 13.7. The van der Waals surface area contributed by atoms with E-state index in [1.54, 1.807) is 26.0 Å². The van der Waals surface area contributed by atoms with Crippen LogP contribution in [0.2, 0.25) is 0 Å². The first kappa shape index (κ1) is 20.2. The van der Waals surface area contributed by atoms with E-state index in [1.165, 1.54) is 12.1 Å². The van der Waals surface area contributed by atoms with Crippen LogP contribution >= 0.6 is 12.4 Å². The van der Waals surface area contributed by atoms with Crippen molar-refractivity contribution in [3.63, 3.8) is 0 Å². The number of carbonyl (C=O) groups excluding carboxylic acids is 2. The van der Waals surface area contributed by atoms with E-state index in [0.29, 0.717) is 23.4 Å². The van der Waals surface area contributed by atoms with E-state index in [2.05, 4.69) is 21.1 Å². The van der Waals surface area contributed by atoms with Gasteiger partial charge >= 0.3 is 0 Å². The van der Waals surface area contributed by atoms with E-state index in [-0.39, 0.29) is 36.3 Å². The number of nitro groups is 1. The third kappa shape index (κ3) is 5.35. The molecule has 10 heteroatoms. The number of nitrogens with zero attached hydrogens (tertiary/aromatic N) is 3. The van der Waals surface area contributed by atoms with Crippen molar-refractivity contribution < 1.29 is 14.5 Å². The molecule has 0 fully saturated rings. The molecule has 1 aromatic rings. The molecule has 0 spiro atoms. The van der Waals surface area contributed by atoms with Gasteiger partial charge in [-0.25, -0.2) is 10.9 Å². The van der Waals surface area contributed by atoms with Crippen LogP contribution in [0.1, 0.15) is 32.3 Å². The number of rotatable bonds is 6. The molecule has 0 aromatic heterocycles. The zero-order valence-corrected chi connectivity index (χ0v) is 14.5. The van der Waals surface area contributed by atoms with Crippen molar-refractivity contribution in [2.45, 2.75) is 26.7 Å². The Bertz CT molecular complexity index is 747. The predicted molar refractivity (Wildman–Crippen MR) is 94.7 cm³/mol. The lowest BCUT2D eigenvalue weighted by molar-refractivity contribution is -0.384. The van der Waals surface area contributed by atoms with Crippen molar-refractivity contribution in [1.82, 2.24) is 10.9 Å². The lowest BCUT2D eigenvalue weighted by Gasteiger charge is -2.07. The van der Waals surface area contributed by atoms with Gasteiger partial charge in [0.05, 0.1) is 16.6 Å². The van der Waals surface area contributed by atoms with Crippen LogP contribution in [0.5, 0.6) is 0 Å². The van der Waals surface area contributed by atoms with Crippen LogP contribution in [0.3, 0.4) is 0 Å². The van der Waals surface area contributed by atoms with Crippen molar-refractivity contribution in [1.29, 1.82) is 0 Å². The molecule has 25 heavy (non-hydrogen) atoms. The lowest BCUT2D eigenvalue weighted by Crippen LogP contribution is -2.25. The number of amides is 2. The van der Waals surface area contributed by atoms with Crippen molar-refractivity contribution >= 4 is 41.3 Å². The maximum absolute atomic E-state index is 11.8. The van der Waals surface area contributed by atoms with Gasteiger partial charge in [-0.2, -0.15) is 10.2 Å².